The molecule has 370 valence electrons. The molecule has 1 unspecified atom stereocenters. The highest BCUT2D eigenvalue weighted by Gasteiger charge is 2.43. The van der Waals surface area contributed by atoms with Crippen LogP contribution in [0.1, 0.15) is 65.5 Å². The van der Waals surface area contributed by atoms with Gasteiger partial charge in [-0.25, -0.2) is 5.26 Å². The Hall–Kier alpha value is -6.85. The van der Waals surface area contributed by atoms with Crippen molar-refractivity contribution >= 4 is 85.3 Å². The number of anilines is 2. The lowest BCUT2D eigenvalue weighted by Gasteiger charge is -2.27. The van der Waals surface area contributed by atoms with E-state index < -0.39 is 22.2 Å². The van der Waals surface area contributed by atoms with E-state index in [1.54, 1.807) is 12.1 Å². The molecule has 72 heavy (non-hydrogen) atoms. The molecule has 1 fully saturated rings. The molecule has 2 N–H and O–H groups in total. The average molecular weight is 1010 g/mol. The number of hydrogen-bond acceptors (Lipinski definition) is 12. The summed E-state index contributed by atoms with van der Waals surface area (Å²) in [6.45, 7) is 12.9. The zero-order chi connectivity index (χ0) is 50.7. The Bertz CT molecular complexity index is 3230. The fraction of sp³-hybridized carbons (Fsp3) is 0.246. The van der Waals surface area contributed by atoms with Crippen molar-refractivity contribution in [3.05, 3.63) is 179 Å². The molecule has 1 aliphatic carbocycles. The number of nitrogens with zero attached hydrogens (tertiary/aromatic N) is 3. The summed E-state index contributed by atoms with van der Waals surface area (Å²) < 4.78 is 44.3. The Morgan fingerprint density at radius 3 is 1.62 bits per heavy atom. The molecule has 6 aromatic rings. The fourth-order valence-corrected chi connectivity index (χ4v) is 11.3. The zero-order valence-corrected chi connectivity index (χ0v) is 42.6. The maximum atomic E-state index is 12.1. The molecule has 15 heteroatoms. The number of carbonyl (C=O) groups excluding carboxylic acids is 2. The zero-order valence-electron chi connectivity index (χ0n) is 40.9. The van der Waals surface area contributed by atoms with Crippen LogP contribution >= 0.6 is 12.0 Å². The van der Waals surface area contributed by atoms with Gasteiger partial charge in [-0.2, -0.15) is 8.78 Å². The number of para-hydroxylation sites is 2. The van der Waals surface area contributed by atoms with Crippen molar-refractivity contribution in [2.75, 3.05) is 36.1 Å². The first-order chi connectivity index (χ1) is 34.7. The van der Waals surface area contributed by atoms with Crippen LogP contribution in [0.25, 0.3) is 21.5 Å². The molecule has 1 atom stereocenters. The van der Waals surface area contributed by atoms with Gasteiger partial charge in [-0.1, -0.05) is 106 Å². The number of esters is 2. The lowest BCUT2D eigenvalue weighted by atomic mass is 9.81. The lowest BCUT2D eigenvalue weighted by molar-refractivity contribution is -0.432. The Balaban J connectivity index is 1.21. The predicted molar refractivity (Wildman–Crippen MR) is 285 cm³/mol. The highest BCUT2D eigenvalue weighted by atomic mass is 32.2. The summed E-state index contributed by atoms with van der Waals surface area (Å²) in [7, 11) is 0. The van der Waals surface area contributed by atoms with Crippen LogP contribution in [0.15, 0.2) is 173 Å². The molecule has 2 aliphatic heterocycles. The van der Waals surface area contributed by atoms with Crippen molar-refractivity contribution in [3.8, 4) is 5.75 Å². The first-order valence-corrected chi connectivity index (χ1v) is 25.5. The van der Waals surface area contributed by atoms with Gasteiger partial charge in [0.1, 0.15) is 19.0 Å². The lowest BCUT2D eigenvalue weighted by Crippen LogP contribution is -2.29. The summed E-state index contributed by atoms with van der Waals surface area (Å²) in [6, 6.07) is 40.4. The van der Waals surface area contributed by atoms with Crippen LogP contribution in [0.3, 0.4) is 0 Å². The maximum absolute atomic E-state index is 12.1. The van der Waals surface area contributed by atoms with Gasteiger partial charge in [-0.15, -0.1) is 4.33 Å². The SMILES string of the molecule is CC(=O)OCCN1C(=C/C=C2\CC/C(=C\C=C3\N(CCOC(C)=O)c4ccc5cc(SOOO)ccc5c4C3(C)C)C2=[N+](c2ccccc2)c2ccccc2)C(C)(C)c2c1ccc1cc(OS(=O)O)ccc21. The first-order valence-electron chi connectivity index (χ1n) is 23.7. The largest absolute Gasteiger partial charge is 0.464 e. The second-order valence-electron chi connectivity index (χ2n) is 18.8. The summed E-state index contributed by atoms with van der Waals surface area (Å²) in [5.74, 6) is -0.402. The monoisotopic (exact) mass is 1010 g/mol. The molecular formula is C57H56N3O10S2+. The molecule has 0 aromatic heterocycles. The average Bonchev–Trinajstić information content (AvgIpc) is 3.92. The summed E-state index contributed by atoms with van der Waals surface area (Å²) in [5.41, 5.74) is 10.6. The number of carbonyl (C=O) groups is 2. The van der Waals surface area contributed by atoms with Gasteiger partial charge in [-0.05, 0) is 94.1 Å². The van der Waals surface area contributed by atoms with E-state index in [-0.39, 0.29) is 30.9 Å². The fourth-order valence-electron chi connectivity index (χ4n) is 10.7. The van der Waals surface area contributed by atoms with Gasteiger partial charge >= 0.3 is 23.3 Å². The van der Waals surface area contributed by atoms with E-state index in [1.165, 1.54) is 13.8 Å². The summed E-state index contributed by atoms with van der Waals surface area (Å²) in [4.78, 5) is 29.4. The van der Waals surface area contributed by atoms with Crippen molar-refractivity contribution in [3.63, 3.8) is 0 Å². The third-order valence-corrected chi connectivity index (χ3v) is 14.5. The van der Waals surface area contributed by atoms with E-state index in [0.717, 1.165) is 113 Å². The highest BCUT2D eigenvalue weighted by Crippen LogP contribution is 2.53. The summed E-state index contributed by atoms with van der Waals surface area (Å²) in [6.07, 6.45) is 10.4. The van der Waals surface area contributed by atoms with Gasteiger partial charge in [0.05, 0.1) is 25.1 Å². The van der Waals surface area contributed by atoms with Crippen molar-refractivity contribution in [2.24, 2.45) is 0 Å². The Labute approximate surface area is 425 Å². The Morgan fingerprint density at radius 2 is 1.15 bits per heavy atom. The van der Waals surface area contributed by atoms with Crippen LogP contribution in [0.4, 0.5) is 22.7 Å². The molecule has 1 saturated carbocycles. The van der Waals surface area contributed by atoms with E-state index >= 15 is 0 Å². The quantitative estimate of drug-likeness (QED) is 0.0251. The number of rotatable bonds is 15. The van der Waals surface area contributed by atoms with E-state index in [4.69, 9.17) is 23.2 Å². The van der Waals surface area contributed by atoms with Gasteiger partial charge < -0.3 is 23.5 Å². The number of ether oxygens (including phenoxy) is 2. The Kier molecular flexibility index (Phi) is 14.7. The second-order valence-corrected chi connectivity index (χ2v) is 20.2. The molecule has 0 radical (unpaired) electrons. The second kappa shape index (κ2) is 21.1. The molecule has 0 bridgehead atoms. The van der Waals surface area contributed by atoms with Crippen molar-refractivity contribution in [1.29, 1.82) is 0 Å². The number of allylic oxidation sites excluding steroid dienone is 8. The molecule has 0 saturated heterocycles. The van der Waals surface area contributed by atoms with Crippen LogP contribution in [-0.4, -0.2) is 58.0 Å². The minimum absolute atomic E-state index is 0.184. The molecule has 2 heterocycles. The van der Waals surface area contributed by atoms with E-state index in [1.807, 2.05) is 36.4 Å². The summed E-state index contributed by atoms with van der Waals surface area (Å²) >= 11 is -1.55. The topological polar surface area (TPSA) is 147 Å². The van der Waals surface area contributed by atoms with Gasteiger partial charge in [0.2, 0.25) is 17.1 Å². The minimum atomic E-state index is -2.46. The smallest absolute Gasteiger partial charge is 0.357 e. The first kappa shape index (κ1) is 50.1. The minimum Gasteiger partial charge on any atom is -0.464 e. The van der Waals surface area contributed by atoms with Crippen LogP contribution in [0.2, 0.25) is 0 Å². The number of hydrogen-bond donors (Lipinski definition) is 2. The molecular weight excluding hydrogens is 951 g/mol. The van der Waals surface area contributed by atoms with E-state index in [9.17, 15) is 18.4 Å². The third kappa shape index (κ3) is 10.0. The van der Waals surface area contributed by atoms with Gasteiger partial charge in [0, 0.05) is 87.8 Å². The normalized spacial score (nSPS) is 18.4. The van der Waals surface area contributed by atoms with E-state index in [0.29, 0.717) is 13.1 Å². The van der Waals surface area contributed by atoms with Gasteiger partial charge in [0.15, 0.2) is 0 Å². The van der Waals surface area contributed by atoms with Crippen LogP contribution < -0.4 is 18.6 Å². The molecule has 6 aromatic carbocycles. The van der Waals surface area contributed by atoms with Crippen molar-refractivity contribution in [1.82, 2.24) is 4.58 Å². The molecule has 9 rings (SSSR count). The highest BCUT2D eigenvalue weighted by molar-refractivity contribution is 7.94. The molecule has 3 aliphatic rings. The predicted octanol–water partition coefficient (Wildman–Crippen LogP) is 12.3. The molecule has 0 spiro atoms. The number of fused-ring (bicyclic) bond motifs is 6. The maximum Gasteiger partial charge on any atom is 0.357 e. The number of benzene rings is 6. The van der Waals surface area contributed by atoms with Crippen molar-refractivity contribution in [2.45, 2.75) is 70.1 Å². The third-order valence-electron chi connectivity index (χ3n) is 13.6. The standard InChI is InChI=1S/C57H55N3O10S2/c1-37(61)66-33-31-58-49-27-19-41-35-45(68-72(64)65)23-25-47(41)53(49)56(3,4)51(58)29-21-39-17-18-40(55(39)60(43-13-9-7-10-14-43)44-15-11-8-12-16-44)22-30-52-57(5,6)54-48-26-24-46(71-70-69-63)36-42(48)20-28-50(54)59(52)32-34-67-38(2)62/h7-16,19-30,35-36H,17-18,31-34H2,1-6H3,(H-,63,64,65)/p+1. The molecule has 13 nitrogen and oxygen atoms in total. The van der Waals surface area contributed by atoms with Crippen LogP contribution in [0.5, 0.6) is 5.75 Å². The molecule has 0 amide bonds. The summed E-state index contributed by atoms with van der Waals surface area (Å²) in [5, 5.41) is 16.6. The van der Waals surface area contributed by atoms with Crippen LogP contribution in [0, 0.1) is 0 Å². The van der Waals surface area contributed by atoms with Gasteiger partial charge in [-0.3, -0.25) is 14.1 Å². The van der Waals surface area contributed by atoms with Gasteiger partial charge in [0.25, 0.3) is 0 Å². The Morgan fingerprint density at radius 1 is 0.667 bits per heavy atom. The van der Waals surface area contributed by atoms with Crippen LogP contribution in [-0.2, 0) is 50.6 Å². The van der Waals surface area contributed by atoms with Crippen molar-refractivity contribution < 1.29 is 46.6 Å². The van der Waals surface area contributed by atoms with E-state index in [2.05, 4.69) is 144 Å².